The van der Waals surface area contributed by atoms with Gasteiger partial charge in [0.15, 0.2) is 11.5 Å². The van der Waals surface area contributed by atoms with Gasteiger partial charge in [-0.05, 0) is 40.2 Å². The Morgan fingerprint density at radius 3 is 2.84 bits per heavy atom. The molecule has 4 nitrogen and oxygen atoms in total. The molecule has 19 heavy (non-hydrogen) atoms. The molecular formula is C13H9BrClN3O. The van der Waals surface area contributed by atoms with Gasteiger partial charge in [-0.2, -0.15) is 0 Å². The van der Waals surface area contributed by atoms with Crippen molar-refractivity contribution in [2.45, 2.75) is 6.61 Å². The van der Waals surface area contributed by atoms with Crippen molar-refractivity contribution in [3.63, 3.8) is 0 Å². The standard InChI is InChI=1S/C13H9BrClN3O/c14-9-5-6-12-16-17-13(18(12)7-9)8-19-11-4-2-1-3-10(11)15/h1-7H,8H2. The van der Waals surface area contributed by atoms with Crippen LogP contribution in [0.4, 0.5) is 0 Å². The van der Waals surface area contributed by atoms with Crippen molar-refractivity contribution in [3.05, 3.63) is 57.9 Å². The highest BCUT2D eigenvalue weighted by Gasteiger charge is 2.07. The topological polar surface area (TPSA) is 39.4 Å². The van der Waals surface area contributed by atoms with E-state index in [9.17, 15) is 0 Å². The summed E-state index contributed by atoms with van der Waals surface area (Å²) in [6.45, 7) is 0.307. The van der Waals surface area contributed by atoms with Crippen LogP contribution in [0, 0.1) is 0 Å². The van der Waals surface area contributed by atoms with Crippen LogP contribution in [-0.4, -0.2) is 14.6 Å². The first-order valence-corrected chi connectivity index (χ1v) is 6.77. The zero-order valence-electron chi connectivity index (χ0n) is 9.75. The molecule has 0 bridgehead atoms. The molecule has 0 saturated heterocycles. The van der Waals surface area contributed by atoms with Gasteiger partial charge in [0.1, 0.15) is 12.4 Å². The highest BCUT2D eigenvalue weighted by Crippen LogP contribution is 2.24. The number of para-hydroxylation sites is 1. The third-order valence-electron chi connectivity index (χ3n) is 2.63. The van der Waals surface area contributed by atoms with Crippen LogP contribution >= 0.6 is 27.5 Å². The van der Waals surface area contributed by atoms with E-state index in [-0.39, 0.29) is 0 Å². The van der Waals surface area contributed by atoms with E-state index in [2.05, 4.69) is 26.1 Å². The molecule has 0 fully saturated rings. The molecule has 3 aromatic rings. The van der Waals surface area contributed by atoms with Gasteiger partial charge < -0.3 is 4.74 Å². The lowest BCUT2D eigenvalue weighted by Crippen LogP contribution is -2.01. The predicted octanol–water partition coefficient (Wildman–Crippen LogP) is 3.72. The molecule has 2 heterocycles. The molecule has 0 N–H and O–H groups in total. The molecular weight excluding hydrogens is 330 g/mol. The van der Waals surface area contributed by atoms with Gasteiger partial charge in [-0.15, -0.1) is 10.2 Å². The molecule has 6 heteroatoms. The molecule has 0 saturated carbocycles. The maximum atomic E-state index is 6.03. The number of aromatic nitrogens is 3. The van der Waals surface area contributed by atoms with Gasteiger partial charge in [0.05, 0.1) is 5.02 Å². The van der Waals surface area contributed by atoms with Crippen LogP contribution in [0.2, 0.25) is 5.02 Å². The van der Waals surface area contributed by atoms with Crippen LogP contribution in [0.1, 0.15) is 5.82 Å². The molecule has 0 unspecified atom stereocenters. The van der Waals surface area contributed by atoms with Crippen molar-refractivity contribution in [1.82, 2.24) is 14.6 Å². The molecule has 0 aliphatic heterocycles. The van der Waals surface area contributed by atoms with Gasteiger partial charge >= 0.3 is 0 Å². The Bertz CT molecular complexity index is 729. The van der Waals surface area contributed by atoms with Crippen molar-refractivity contribution < 1.29 is 4.74 Å². The minimum Gasteiger partial charge on any atom is -0.484 e. The van der Waals surface area contributed by atoms with E-state index in [0.29, 0.717) is 17.4 Å². The van der Waals surface area contributed by atoms with Crippen molar-refractivity contribution >= 4 is 33.2 Å². The zero-order chi connectivity index (χ0) is 13.2. The van der Waals surface area contributed by atoms with Gasteiger partial charge in [-0.3, -0.25) is 4.40 Å². The SMILES string of the molecule is Clc1ccccc1OCc1nnc2ccc(Br)cn12. The number of ether oxygens (including phenoxy) is 1. The second kappa shape index (κ2) is 5.19. The summed E-state index contributed by atoms with van der Waals surface area (Å²) in [5, 5.41) is 8.76. The van der Waals surface area contributed by atoms with Gasteiger partial charge in [-0.1, -0.05) is 23.7 Å². The van der Waals surface area contributed by atoms with Crippen molar-refractivity contribution in [2.24, 2.45) is 0 Å². The largest absolute Gasteiger partial charge is 0.484 e. The maximum Gasteiger partial charge on any atom is 0.175 e. The molecule has 96 valence electrons. The van der Waals surface area contributed by atoms with Gasteiger partial charge in [0.2, 0.25) is 0 Å². The zero-order valence-corrected chi connectivity index (χ0v) is 12.1. The molecule has 0 aliphatic carbocycles. The number of pyridine rings is 1. The van der Waals surface area contributed by atoms with Crippen LogP contribution < -0.4 is 4.74 Å². The number of rotatable bonds is 3. The Labute approximate surface area is 123 Å². The Morgan fingerprint density at radius 2 is 2.00 bits per heavy atom. The summed E-state index contributed by atoms with van der Waals surface area (Å²) in [6.07, 6.45) is 1.90. The van der Waals surface area contributed by atoms with Crippen LogP contribution in [0.25, 0.3) is 5.65 Å². The van der Waals surface area contributed by atoms with E-state index < -0.39 is 0 Å². The van der Waals surface area contributed by atoms with Crippen molar-refractivity contribution in [3.8, 4) is 5.75 Å². The van der Waals surface area contributed by atoms with E-state index in [0.717, 1.165) is 15.9 Å². The Kier molecular flexibility index (Phi) is 3.40. The van der Waals surface area contributed by atoms with Crippen LogP contribution in [0.15, 0.2) is 47.1 Å². The summed E-state index contributed by atoms with van der Waals surface area (Å²) in [5.74, 6) is 1.35. The number of benzene rings is 1. The van der Waals surface area contributed by atoms with E-state index in [1.807, 2.05) is 40.9 Å². The number of halogens is 2. The smallest absolute Gasteiger partial charge is 0.175 e. The maximum absolute atomic E-state index is 6.03. The summed E-state index contributed by atoms with van der Waals surface area (Å²) < 4.78 is 8.49. The van der Waals surface area contributed by atoms with Gasteiger partial charge in [-0.25, -0.2) is 0 Å². The second-order valence-corrected chi connectivity index (χ2v) is 5.23. The molecule has 3 rings (SSSR count). The lowest BCUT2D eigenvalue weighted by molar-refractivity contribution is 0.294. The number of hydrogen-bond donors (Lipinski definition) is 0. The van der Waals surface area contributed by atoms with E-state index >= 15 is 0 Å². The van der Waals surface area contributed by atoms with Crippen LogP contribution in [0.3, 0.4) is 0 Å². The normalized spacial score (nSPS) is 10.8. The van der Waals surface area contributed by atoms with Crippen LogP contribution in [-0.2, 0) is 6.61 Å². The average molecular weight is 339 g/mol. The first-order chi connectivity index (χ1) is 9.24. The van der Waals surface area contributed by atoms with Gasteiger partial charge in [0.25, 0.3) is 0 Å². The Balaban J connectivity index is 1.86. The summed E-state index contributed by atoms with van der Waals surface area (Å²) in [7, 11) is 0. The summed E-state index contributed by atoms with van der Waals surface area (Å²) >= 11 is 9.45. The second-order valence-electron chi connectivity index (χ2n) is 3.91. The molecule has 0 spiro atoms. The average Bonchev–Trinajstić information content (AvgIpc) is 2.80. The van der Waals surface area contributed by atoms with Crippen molar-refractivity contribution in [2.75, 3.05) is 0 Å². The third-order valence-corrected chi connectivity index (χ3v) is 3.41. The third kappa shape index (κ3) is 2.57. The number of nitrogens with zero attached hydrogens (tertiary/aromatic N) is 3. The molecule has 0 atom stereocenters. The lowest BCUT2D eigenvalue weighted by Gasteiger charge is -2.06. The minimum atomic E-state index is 0.307. The predicted molar refractivity (Wildman–Crippen MR) is 76.5 cm³/mol. The first-order valence-electron chi connectivity index (χ1n) is 5.60. The van der Waals surface area contributed by atoms with E-state index in [1.54, 1.807) is 6.07 Å². The van der Waals surface area contributed by atoms with Crippen molar-refractivity contribution in [1.29, 1.82) is 0 Å². The van der Waals surface area contributed by atoms with E-state index in [4.69, 9.17) is 16.3 Å². The summed E-state index contributed by atoms with van der Waals surface area (Å²) in [5.41, 5.74) is 0.779. The summed E-state index contributed by atoms with van der Waals surface area (Å²) in [4.78, 5) is 0. The van der Waals surface area contributed by atoms with Crippen LogP contribution in [0.5, 0.6) is 5.75 Å². The molecule has 1 aromatic carbocycles. The van der Waals surface area contributed by atoms with E-state index in [1.165, 1.54) is 0 Å². The Morgan fingerprint density at radius 1 is 1.16 bits per heavy atom. The number of fused-ring (bicyclic) bond motifs is 1. The molecule has 0 aliphatic rings. The fraction of sp³-hybridized carbons (Fsp3) is 0.0769. The lowest BCUT2D eigenvalue weighted by atomic mass is 10.3. The molecule has 0 amide bonds. The monoisotopic (exact) mass is 337 g/mol. The van der Waals surface area contributed by atoms with Gasteiger partial charge in [0, 0.05) is 10.7 Å². The Hall–Kier alpha value is -1.59. The minimum absolute atomic E-state index is 0.307. The fourth-order valence-electron chi connectivity index (χ4n) is 1.71. The first kappa shape index (κ1) is 12.4. The highest BCUT2D eigenvalue weighted by atomic mass is 79.9. The molecule has 0 radical (unpaired) electrons. The molecule has 2 aromatic heterocycles. The quantitative estimate of drug-likeness (QED) is 0.730. The fourth-order valence-corrected chi connectivity index (χ4v) is 2.24. The summed E-state index contributed by atoms with van der Waals surface area (Å²) in [6, 6.07) is 11.1. The highest BCUT2D eigenvalue weighted by molar-refractivity contribution is 9.10. The number of hydrogen-bond acceptors (Lipinski definition) is 3.